The van der Waals surface area contributed by atoms with E-state index in [2.05, 4.69) is 48.5 Å². The SMILES string of the molecule is CC(C)CCCC(C)CCCC(CCCC(CC(C)O)C(C)CCCC(C)CCCC(C)C)CCC(C)O. The van der Waals surface area contributed by atoms with Crippen LogP contribution in [0.25, 0.3) is 0 Å². The fourth-order valence-corrected chi connectivity index (χ4v) is 6.47. The third kappa shape index (κ3) is 23.8. The molecule has 0 aliphatic heterocycles. The van der Waals surface area contributed by atoms with E-state index >= 15 is 0 Å². The van der Waals surface area contributed by atoms with Crippen LogP contribution in [0.2, 0.25) is 0 Å². The van der Waals surface area contributed by atoms with Gasteiger partial charge in [0.25, 0.3) is 0 Å². The molecule has 7 unspecified atom stereocenters. The van der Waals surface area contributed by atoms with Crippen LogP contribution in [0.15, 0.2) is 0 Å². The molecule has 7 atom stereocenters. The van der Waals surface area contributed by atoms with Crippen LogP contribution in [0.5, 0.6) is 0 Å². The molecule has 0 amide bonds. The molecule has 0 rings (SSSR count). The molecule has 0 saturated carbocycles. The zero-order valence-electron chi connectivity index (χ0n) is 27.8. The molecule has 0 fully saturated rings. The van der Waals surface area contributed by atoms with Crippen LogP contribution in [-0.4, -0.2) is 22.4 Å². The summed E-state index contributed by atoms with van der Waals surface area (Å²) in [5, 5.41) is 20.1. The summed E-state index contributed by atoms with van der Waals surface area (Å²) in [5.41, 5.74) is 0. The molecule has 2 N–H and O–H groups in total. The molecular formula is C36H74O2. The summed E-state index contributed by atoms with van der Waals surface area (Å²) in [5.74, 6) is 5.46. The van der Waals surface area contributed by atoms with Crippen LogP contribution >= 0.6 is 0 Å². The molecule has 0 saturated heterocycles. The van der Waals surface area contributed by atoms with E-state index in [1.807, 2.05) is 13.8 Å². The summed E-state index contributed by atoms with van der Waals surface area (Å²) in [7, 11) is 0. The van der Waals surface area contributed by atoms with Crippen molar-refractivity contribution in [2.45, 2.75) is 190 Å². The molecule has 0 radical (unpaired) electrons. The van der Waals surface area contributed by atoms with E-state index in [4.69, 9.17) is 0 Å². The summed E-state index contributed by atoms with van der Waals surface area (Å²) in [6.07, 6.45) is 22.8. The normalized spacial score (nSPS) is 17.9. The number of rotatable bonds is 26. The largest absolute Gasteiger partial charge is 0.393 e. The molecule has 0 heterocycles. The van der Waals surface area contributed by atoms with Gasteiger partial charge in [0, 0.05) is 0 Å². The summed E-state index contributed by atoms with van der Waals surface area (Å²) >= 11 is 0. The van der Waals surface area contributed by atoms with E-state index in [0.29, 0.717) is 11.8 Å². The molecule has 0 aromatic heterocycles. The highest BCUT2D eigenvalue weighted by Crippen LogP contribution is 2.31. The molecule has 0 spiro atoms. The molecule has 230 valence electrons. The second-order valence-corrected chi connectivity index (χ2v) is 14.8. The van der Waals surface area contributed by atoms with E-state index in [1.165, 1.54) is 103 Å². The van der Waals surface area contributed by atoms with Crippen molar-refractivity contribution in [3.8, 4) is 0 Å². The van der Waals surface area contributed by atoms with Gasteiger partial charge in [0.2, 0.25) is 0 Å². The molecule has 0 aromatic carbocycles. The Bertz CT molecular complexity index is 498. The third-order valence-corrected chi connectivity index (χ3v) is 9.25. The van der Waals surface area contributed by atoms with E-state index in [0.717, 1.165) is 42.4 Å². The zero-order valence-corrected chi connectivity index (χ0v) is 27.8. The maximum Gasteiger partial charge on any atom is 0.0514 e. The highest BCUT2D eigenvalue weighted by atomic mass is 16.3. The van der Waals surface area contributed by atoms with Crippen molar-refractivity contribution < 1.29 is 10.2 Å². The highest BCUT2D eigenvalue weighted by molar-refractivity contribution is 4.72. The first-order chi connectivity index (χ1) is 17.9. The zero-order chi connectivity index (χ0) is 28.9. The van der Waals surface area contributed by atoms with Crippen LogP contribution in [0.1, 0.15) is 178 Å². The monoisotopic (exact) mass is 539 g/mol. The molecule has 2 nitrogen and oxygen atoms in total. The lowest BCUT2D eigenvalue weighted by Gasteiger charge is -2.27. The average Bonchev–Trinajstić information content (AvgIpc) is 2.80. The van der Waals surface area contributed by atoms with Gasteiger partial charge in [-0.2, -0.15) is 0 Å². The maximum atomic E-state index is 10.2. The Morgan fingerprint density at radius 3 is 1.24 bits per heavy atom. The number of aliphatic hydroxyl groups is 2. The average molecular weight is 539 g/mol. The fourth-order valence-electron chi connectivity index (χ4n) is 6.47. The van der Waals surface area contributed by atoms with E-state index in [-0.39, 0.29) is 12.2 Å². The quantitative estimate of drug-likeness (QED) is 0.115. The first-order valence-electron chi connectivity index (χ1n) is 17.3. The van der Waals surface area contributed by atoms with Crippen molar-refractivity contribution >= 4 is 0 Å². The van der Waals surface area contributed by atoms with Gasteiger partial charge in [-0.1, -0.05) is 145 Å². The van der Waals surface area contributed by atoms with Gasteiger partial charge in [-0.3, -0.25) is 0 Å². The van der Waals surface area contributed by atoms with Crippen molar-refractivity contribution in [3.05, 3.63) is 0 Å². The van der Waals surface area contributed by atoms with Gasteiger partial charge in [-0.15, -0.1) is 0 Å². The van der Waals surface area contributed by atoms with Crippen molar-refractivity contribution in [3.63, 3.8) is 0 Å². The Kier molecular flexibility index (Phi) is 23.6. The van der Waals surface area contributed by atoms with Crippen molar-refractivity contribution in [1.82, 2.24) is 0 Å². The Morgan fingerprint density at radius 2 is 0.816 bits per heavy atom. The van der Waals surface area contributed by atoms with Gasteiger partial charge in [-0.05, 0) is 74.5 Å². The van der Waals surface area contributed by atoms with Crippen LogP contribution in [0.4, 0.5) is 0 Å². The number of hydrogen-bond acceptors (Lipinski definition) is 2. The molecule has 0 aliphatic rings. The Morgan fingerprint density at radius 1 is 0.395 bits per heavy atom. The van der Waals surface area contributed by atoms with Gasteiger partial charge in [0.15, 0.2) is 0 Å². The maximum absolute atomic E-state index is 10.2. The lowest BCUT2D eigenvalue weighted by molar-refractivity contribution is 0.131. The molecule has 0 aliphatic carbocycles. The van der Waals surface area contributed by atoms with Gasteiger partial charge in [0.1, 0.15) is 0 Å². The topological polar surface area (TPSA) is 40.5 Å². The van der Waals surface area contributed by atoms with E-state index in [1.54, 1.807) is 0 Å². The fraction of sp³-hybridized carbons (Fsp3) is 1.00. The highest BCUT2D eigenvalue weighted by Gasteiger charge is 2.20. The third-order valence-electron chi connectivity index (χ3n) is 9.25. The van der Waals surface area contributed by atoms with Crippen molar-refractivity contribution in [2.24, 2.45) is 41.4 Å². The van der Waals surface area contributed by atoms with Crippen LogP contribution < -0.4 is 0 Å². The van der Waals surface area contributed by atoms with Crippen LogP contribution in [-0.2, 0) is 0 Å². The van der Waals surface area contributed by atoms with Crippen molar-refractivity contribution in [2.75, 3.05) is 0 Å². The van der Waals surface area contributed by atoms with Gasteiger partial charge < -0.3 is 10.2 Å². The Hall–Kier alpha value is -0.0800. The number of hydrogen-bond donors (Lipinski definition) is 2. The van der Waals surface area contributed by atoms with Crippen LogP contribution in [0.3, 0.4) is 0 Å². The van der Waals surface area contributed by atoms with Crippen molar-refractivity contribution in [1.29, 1.82) is 0 Å². The summed E-state index contributed by atoms with van der Waals surface area (Å²) in [6.45, 7) is 20.6. The second-order valence-electron chi connectivity index (χ2n) is 14.8. The molecular weight excluding hydrogens is 464 g/mol. The lowest BCUT2D eigenvalue weighted by Crippen LogP contribution is -2.18. The van der Waals surface area contributed by atoms with Gasteiger partial charge in [0.05, 0.1) is 12.2 Å². The summed E-state index contributed by atoms with van der Waals surface area (Å²) in [6, 6.07) is 0. The minimum Gasteiger partial charge on any atom is -0.393 e. The van der Waals surface area contributed by atoms with E-state index in [9.17, 15) is 10.2 Å². The Balaban J connectivity index is 4.56. The predicted molar refractivity (Wildman–Crippen MR) is 171 cm³/mol. The van der Waals surface area contributed by atoms with Crippen LogP contribution in [0, 0.1) is 41.4 Å². The van der Waals surface area contributed by atoms with Gasteiger partial charge in [-0.25, -0.2) is 0 Å². The first-order valence-corrected chi connectivity index (χ1v) is 17.3. The lowest BCUT2D eigenvalue weighted by atomic mass is 9.80. The molecule has 0 bridgehead atoms. The second kappa shape index (κ2) is 23.6. The first kappa shape index (κ1) is 37.9. The standard InChI is InChI=1S/C36H74O2/c1-28(2)15-10-17-30(5)19-12-21-32(7)36(27-34(9)38)24-14-23-35(26-25-33(8)37)22-13-20-31(6)18-11-16-29(3)4/h28-38H,10-27H2,1-9H3. The molecule has 2 heteroatoms. The summed E-state index contributed by atoms with van der Waals surface area (Å²) in [4.78, 5) is 0. The minimum atomic E-state index is -0.194. The minimum absolute atomic E-state index is 0.178. The van der Waals surface area contributed by atoms with Gasteiger partial charge >= 0.3 is 0 Å². The Labute approximate surface area is 241 Å². The molecule has 0 aromatic rings. The predicted octanol–water partition coefficient (Wildman–Crippen LogP) is 11.2. The molecule has 38 heavy (non-hydrogen) atoms. The smallest absolute Gasteiger partial charge is 0.0514 e. The van der Waals surface area contributed by atoms with E-state index < -0.39 is 0 Å². The summed E-state index contributed by atoms with van der Waals surface area (Å²) < 4.78 is 0. The number of aliphatic hydroxyl groups excluding tert-OH is 2.